The molecule has 1 fully saturated rings. The van der Waals surface area contributed by atoms with Gasteiger partial charge in [0.1, 0.15) is 5.82 Å². The number of carbonyl (C=O) groups excluding carboxylic acids is 1. The number of ether oxygens (including phenoxy) is 1. The van der Waals surface area contributed by atoms with Gasteiger partial charge in [-0.25, -0.2) is 13.6 Å². The first-order chi connectivity index (χ1) is 9.65. The van der Waals surface area contributed by atoms with Crippen LogP contribution in [0.5, 0.6) is 5.75 Å². The number of urea groups is 1. The average molecular weight is 282 g/mol. The van der Waals surface area contributed by atoms with Crippen LogP contribution in [0.25, 0.3) is 0 Å². The van der Waals surface area contributed by atoms with Crippen LogP contribution in [0.3, 0.4) is 0 Å². The summed E-state index contributed by atoms with van der Waals surface area (Å²) < 4.78 is 32.2. The van der Waals surface area contributed by atoms with Gasteiger partial charge in [0.25, 0.3) is 0 Å². The van der Waals surface area contributed by atoms with Gasteiger partial charge in [0.05, 0.1) is 12.6 Å². The first kappa shape index (κ1) is 13.1. The fourth-order valence-corrected chi connectivity index (χ4v) is 2.74. The van der Waals surface area contributed by atoms with E-state index in [9.17, 15) is 13.6 Å². The highest BCUT2D eigenvalue weighted by atomic mass is 19.1. The van der Waals surface area contributed by atoms with Gasteiger partial charge in [0, 0.05) is 31.1 Å². The average Bonchev–Trinajstić information content (AvgIpc) is 2.93. The minimum atomic E-state index is -0.722. The third-order valence-electron chi connectivity index (χ3n) is 3.76. The van der Waals surface area contributed by atoms with Gasteiger partial charge >= 0.3 is 6.03 Å². The molecule has 2 heterocycles. The van der Waals surface area contributed by atoms with Gasteiger partial charge in [-0.05, 0) is 18.9 Å². The van der Waals surface area contributed by atoms with Crippen molar-refractivity contribution in [1.29, 1.82) is 0 Å². The van der Waals surface area contributed by atoms with Crippen LogP contribution in [0, 0.1) is 11.6 Å². The first-order valence-electron chi connectivity index (χ1n) is 6.82. The number of hydrogen-bond acceptors (Lipinski definition) is 2. The second kappa shape index (κ2) is 5.26. The van der Waals surface area contributed by atoms with Crippen molar-refractivity contribution in [2.75, 3.05) is 19.7 Å². The molecular weight excluding hydrogens is 266 g/mol. The highest BCUT2D eigenvalue weighted by molar-refractivity contribution is 5.75. The molecule has 2 amide bonds. The maximum absolute atomic E-state index is 13.7. The summed E-state index contributed by atoms with van der Waals surface area (Å²) in [4.78, 5) is 13.8. The SMILES string of the molecule is O=C(N[C@H]1CCOc2c(F)cc(F)cc21)N1CCCC1. The van der Waals surface area contributed by atoms with E-state index in [1.54, 1.807) is 4.90 Å². The van der Waals surface area contributed by atoms with Gasteiger partial charge in [-0.1, -0.05) is 0 Å². The lowest BCUT2D eigenvalue weighted by molar-refractivity contribution is 0.194. The van der Waals surface area contributed by atoms with Gasteiger partial charge in [0.2, 0.25) is 0 Å². The number of benzene rings is 1. The monoisotopic (exact) mass is 282 g/mol. The number of amides is 2. The fraction of sp³-hybridized carbons (Fsp3) is 0.500. The molecule has 0 bridgehead atoms. The Kier molecular flexibility index (Phi) is 3.46. The van der Waals surface area contributed by atoms with Crippen molar-refractivity contribution in [2.45, 2.75) is 25.3 Å². The van der Waals surface area contributed by atoms with E-state index in [2.05, 4.69) is 5.32 Å². The van der Waals surface area contributed by atoms with Crippen molar-refractivity contribution in [3.05, 3.63) is 29.3 Å². The number of hydrogen-bond donors (Lipinski definition) is 1. The topological polar surface area (TPSA) is 41.6 Å². The van der Waals surface area contributed by atoms with Crippen molar-refractivity contribution in [2.24, 2.45) is 0 Å². The number of carbonyl (C=O) groups is 1. The summed E-state index contributed by atoms with van der Waals surface area (Å²) in [6.45, 7) is 1.78. The Morgan fingerprint density at radius 2 is 2.05 bits per heavy atom. The largest absolute Gasteiger partial charge is 0.490 e. The number of halogens is 2. The molecule has 1 aromatic rings. The molecule has 0 aliphatic carbocycles. The van der Waals surface area contributed by atoms with Crippen LogP contribution >= 0.6 is 0 Å². The van der Waals surface area contributed by atoms with Crippen LogP contribution in [0.1, 0.15) is 30.9 Å². The second-order valence-electron chi connectivity index (χ2n) is 5.14. The fourth-order valence-electron chi connectivity index (χ4n) is 2.74. The molecule has 1 saturated heterocycles. The third-order valence-corrected chi connectivity index (χ3v) is 3.76. The minimum absolute atomic E-state index is 0.0457. The van der Waals surface area contributed by atoms with Gasteiger partial charge in [-0.2, -0.15) is 0 Å². The molecule has 4 nitrogen and oxygen atoms in total. The zero-order chi connectivity index (χ0) is 14.1. The van der Waals surface area contributed by atoms with E-state index in [0.29, 0.717) is 18.6 Å². The zero-order valence-electron chi connectivity index (χ0n) is 11.0. The summed E-state index contributed by atoms with van der Waals surface area (Å²) in [5.74, 6) is -1.34. The lowest BCUT2D eigenvalue weighted by Crippen LogP contribution is -2.41. The minimum Gasteiger partial charge on any atom is -0.490 e. The number of nitrogens with zero attached hydrogens (tertiary/aromatic N) is 1. The number of rotatable bonds is 1. The molecule has 3 rings (SSSR count). The quantitative estimate of drug-likeness (QED) is 0.860. The predicted octanol–water partition coefficient (Wildman–Crippen LogP) is 2.59. The van der Waals surface area contributed by atoms with Crippen LogP contribution < -0.4 is 10.1 Å². The second-order valence-corrected chi connectivity index (χ2v) is 5.14. The van der Waals surface area contributed by atoms with E-state index < -0.39 is 17.7 Å². The molecule has 1 aromatic carbocycles. The van der Waals surface area contributed by atoms with Gasteiger partial charge < -0.3 is 15.0 Å². The van der Waals surface area contributed by atoms with E-state index >= 15 is 0 Å². The van der Waals surface area contributed by atoms with Gasteiger partial charge in [-0.15, -0.1) is 0 Å². The summed E-state index contributed by atoms with van der Waals surface area (Å²) >= 11 is 0. The van der Waals surface area contributed by atoms with E-state index in [0.717, 1.165) is 32.0 Å². The molecule has 0 spiro atoms. The van der Waals surface area contributed by atoms with Crippen LogP contribution in [-0.2, 0) is 0 Å². The molecule has 1 N–H and O–H groups in total. The summed E-state index contributed by atoms with van der Waals surface area (Å²) in [7, 11) is 0. The maximum Gasteiger partial charge on any atom is 0.317 e. The molecule has 20 heavy (non-hydrogen) atoms. The lowest BCUT2D eigenvalue weighted by Gasteiger charge is -2.28. The Bertz CT molecular complexity index is 530. The molecule has 0 radical (unpaired) electrons. The number of fused-ring (bicyclic) bond motifs is 1. The Morgan fingerprint density at radius 3 is 2.80 bits per heavy atom. The summed E-state index contributed by atoms with van der Waals surface area (Å²) in [6, 6.07) is 1.44. The van der Waals surface area contributed by atoms with Crippen molar-refractivity contribution in [1.82, 2.24) is 10.2 Å². The normalized spacial score (nSPS) is 21.3. The van der Waals surface area contributed by atoms with Crippen LogP contribution in [0.2, 0.25) is 0 Å². The van der Waals surface area contributed by atoms with Gasteiger partial charge in [0.15, 0.2) is 11.6 Å². The van der Waals surface area contributed by atoms with Crippen LogP contribution in [0.4, 0.5) is 13.6 Å². The van der Waals surface area contributed by atoms with E-state index in [1.165, 1.54) is 6.07 Å². The Morgan fingerprint density at radius 1 is 1.30 bits per heavy atom. The van der Waals surface area contributed by atoms with E-state index in [4.69, 9.17) is 4.74 Å². The number of likely N-dealkylation sites (tertiary alicyclic amines) is 1. The number of nitrogens with one attached hydrogen (secondary N) is 1. The van der Waals surface area contributed by atoms with Crippen LogP contribution in [0.15, 0.2) is 12.1 Å². The molecular formula is C14H16F2N2O2. The molecule has 2 aliphatic heterocycles. The Hall–Kier alpha value is -1.85. The van der Waals surface area contributed by atoms with Crippen molar-refractivity contribution in [3.8, 4) is 5.75 Å². The van der Waals surface area contributed by atoms with E-state index in [-0.39, 0.29) is 11.8 Å². The molecule has 0 unspecified atom stereocenters. The molecule has 0 saturated carbocycles. The van der Waals surface area contributed by atoms with E-state index in [1.807, 2.05) is 0 Å². The molecule has 6 heteroatoms. The summed E-state index contributed by atoms with van der Waals surface area (Å²) in [5, 5.41) is 2.85. The zero-order valence-corrected chi connectivity index (χ0v) is 11.0. The Labute approximate surface area is 115 Å². The standard InChI is InChI=1S/C14H16F2N2O2/c15-9-7-10-12(3-6-20-13(10)11(16)8-9)17-14(19)18-4-1-2-5-18/h7-8,12H,1-6H2,(H,17,19)/t12-/m0/s1. The van der Waals surface area contributed by atoms with Crippen molar-refractivity contribution in [3.63, 3.8) is 0 Å². The molecule has 2 aliphatic rings. The van der Waals surface area contributed by atoms with Gasteiger partial charge in [-0.3, -0.25) is 0 Å². The van der Waals surface area contributed by atoms with Crippen molar-refractivity contribution >= 4 is 6.03 Å². The first-order valence-corrected chi connectivity index (χ1v) is 6.82. The van der Waals surface area contributed by atoms with Crippen molar-refractivity contribution < 1.29 is 18.3 Å². The third kappa shape index (κ3) is 2.42. The predicted molar refractivity (Wildman–Crippen MR) is 68.5 cm³/mol. The summed E-state index contributed by atoms with van der Waals surface area (Å²) in [6.07, 6.45) is 2.51. The Balaban J connectivity index is 1.81. The highest BCUT2D eigenvalue weighted by Crippen LogP contribution is 2.35. The highest BCUT2D eigenvalue weighted by Gasteiger charge is 2.28. The maximum atomic E-state index is 13.7. The smallest absolute Gasteiger partial charge is 0.317 e. The molecule has 0 aromatic heterocycles. The lowest BCUT2D eigenvalue weighted by atomic mass is 10.00. The van der Waals surface area contributed by atoms with Crippen LogP contribution in [-0.4, -0.2) is 30.6 Å². The molecule has 1 atom stereocenters. The summed E-state index contributed by atoms with van der Waals surface area (Å²) in [5.41, 5.74) is 0.376. The molecule has 108 valence electrons.